The van der Waals surface area contributed by atoms with Crippen molar-refractivity contribution in [2.45, 2.75) is 25.8 Å². The molecule has 0 atom stereocenters. The van der Waals surface area contributed by atoms with Gasteiger partial charge in [-0.1, -0.05) is 23.8 Å². The van der Waals surface area contributed by atoms with Crippen LogP contribution in [0.5, 0.6) is 0 Å². The number of halogens is 1. The molecule has 0 unspecified atom stereocenters. The average molecular weight is 205 g/mol. The Bertz CT molecular complexity index is 367. The van der Waals surface area contributed by atoms with Crippen LogP contribution in [0.15, 0.2) is 29.8 Å². The summed E-state index contributed by atoms with van der Waals surface area (Å²) in [5.74, 6) is -0.174. The summed E-state index contributed by atoms with van der Waals surface area (Å²) in [4.78, 5) is 0. The van der Waals surface area contributed by atoms with Gasteiger partial charge in [0.1, 0.15) is 5.82 Å². The van der Waals surface area contributed by atoms with Gasteiger partial charge >= 0.3 is 0 Å². The first-order chi connectivity index (χ1) is 7.24. The van der Waals surface area contributed by atoms with E-state index in [0.717, 1.165) is 18.2 Å². The summed E-state index contributed by atoms with van der Waals surface area (Å²) in [5, 5.41) is 3.43. The Labute approximate surface area is 90.0 Å². The van der Waals surface area contributed by atoms with Crippen LogP contribution in [0.3, 0.4) is 0 Å². The first-order valence-electron chi connectivity index (χ1n) is 5.40. The third-order valence-corrected chi connectivity index (χ3v) is 2.51. The van der Waals surface area contributed by atoms with Crippen LogP contribution >= 0.6 is 0 Å². The van der Waals surface area contributed by atoms with Gasteiger partial charge in [0.25, 0.3) is 0 Å². The zero-order valence-corrected chi connectivity index (χ0v) is 8.96. The van der Waals surface area contributed by atoms with Crippen LogP contribution in [-0.2, 0) is 0 Å². The number of rotatable bonds is 4. The van der Waals surface area contributed by atoms with E-state index < -0.39 is 0 Å². The lowest BCUT2D eigenvalue weighted by molar-refractivity contribution is 0.627. The van der Waals surface area contributed by atoms with Gasteiger partial charge in [-0.15, -0.1) is 0 Å². The minimum absolute atomic E-state index is 0.174. The molecule has 1 N–H and O–H groups in total. The monoisotopic (exact) mass is 205 g/mol. The normalized spacial score (nSPS) is 16.8. The van der Waals surface area contributed by atoms with E-state index >= 15 is 0 Å². The second-order valence-corrected chi connectivity index (χ2v) is 4.20. The van der Waals surface area contributed by atoms with Crippen LogP contribution in [0.4, 0.5) is 4.39 Å². The first kappa shape index (κ1) is 10.4. The zero-order valence-electron chi connectivity index (χ0n) is 8.96. The van der Waals surface area contributed by atoms with E-state index in [1.165, 1.54) is 24.5 Å². The minimum atomic E-state index is -0.174. The fourth-order valence-electron chi connectivity index (χ4n) is 1.52. The Balaban J connectivity index is 1.94. The van der Waals surface area contributed by atoms with Gasteiger partial charge < -0.3 is 5.32 Å². The molecule has 2 heteroatoms. The van der Waals surface area contributed by atoms with Gasteiger partial charge in [-0.05, 0) is 37.5 Å². The summed E-state index contributed by atoms with van der Waals surface area (Å²) >= 11 is 0. The van der Waals surface area contributed by atoms with Crippen LogP contribution in [0, 0.1) is 5.82 Å². The number of hydrogen-bond donors (Lipinski definition) is 1. The van der Waals surface area contributed by atoms with Crippen LogP contribution in [-0.4, -0.2) is 12.6 Å². The van der Waals surface area contributed by atoms with Crippen LogP contribution in [0.25, 0.3) is 6.08 Å². The van der Waals surface area contributed by atoms with Crippen LogP contribution < -0.4 is 5.32 Å². The predicted octanol–water partition coefficient (Wildman–Crippen LogP) is 2.98. The molecule has 0 saturated heterocycles. The summed E-state index contributed by atoms with van der Waals surface area (Å²) in [7, 11) is 0. The SMILES string of the molecule is CC(=Cc1cccc(F)c1)CNC1CC1. The zero-order chi connectivity index (χ0) is 10.7. The molecular formula is C13H16FN. The molecule has 0 spiro atoms. The van der Waals surface area contributed by atoms with E-state index in [4.69, 9.17) is 0 Å². The van der Waals surface area contributed by atoms with Crippen molar-refractivity contribution in [2.75, 3.05) is 6.54 Å². The summed E-state index contributed by atoms with van der Waals surface area (Å²) in [6, 6.07) is 7.41. The molecular weight excluding hydrogens is 189 g/mol. The van der Waals surface area contributed by atoms with Gasteiger partial charge in [0, 0.05) is 12.6 Å². The maximum absolute atomic E-state index is 12.9. The van der Waals surface area contributed by atoms with Crippen molar-refractivity contribution in [1.29, 1.82) is 0 Å². The van der Waals surface area contributed by atoms with Crippen LogP contribution in [0.2, 0.25) is 0 Å². The van der Waals surface area contributed by atoms with Crippen molar-refractivity contribution < 1.29 is 4.39 Å². The van der Waals surface area contributed by atoms with E-state index in [9.17, 15) is 4.39 Å². The molecule has 1 saturated carbocycles. The van der Waals surface area contributed by atoms with Crippen LogP contribution in [0.1, 0.15) is 25.3 Å². The van der Waals surface area contributed by atoms with E-state index in [-0.39, 0.29) is 5.82 Å². The molecule has 1 aromatic rings. The Kier molecular flexibility index (Phi) is 3.17. The van der Waals surface area contributed by atoms with Crippen molar-refractivity contribution in [2.24, 2.45) is 0 Å². The fourth-order valence-corrected chi connectivity index (χ4v) is 1.52. The summed E-state index contributed by atoms with van der Waals surface area (Å²) in [6.45, 7) is 2.97. The topological polar surface area (TPSA) is 12.0 Å². The highest BCUT2D eigenvalue weighted by molar-refractivity contribution is 5.52. The molecule has 0 aliphatic heterocycles. The number of hydrogen-bond acceptors (Lipinski definition) is 1. The Morgan fingerprint density at radius 2 is 2.33 bits per heavy atom. The molecule has 2 rings (SSSR count). The third kappa shape index (κ3) is 3.48. The quantitative estimate of drug-likeness (QED) is 0.796. The molecule has 1 aliphatic rings. The van der Waals surface area contributed by atoms with Gasteiger partial charge in [0.2, 0.25) is 0 Å². The summed E-state index contributed by atoms with van der Waals surface area (Å²) in [5.41, 5.74) is 2.18. The molecule has 1 fully saturated rings. The van der Waals surface area contributed by atoms with E-state index in [0.29, 0.717) is 0 Å². The Morgan fingerprint density at radius 1 is 1.53 bits per heavy atom. The molecule has 1 aliphatic carbocycles. The van der Waals surface area contributed by atoms with Crippen molar-refractivity contribution in [3.63, 3.8) is 0 Å². The maximum atomic E-state index is 12.9. The van der Waals surface area contributed by atoms with E-state index in [1.54, 1.807) is 12.1 Å². The highest BCUT2D eigenvalue weighted by atomic mass is 19.1. The fraction of sp³-hybridized carbons (Fsp3) is 0.385. The van der Waals surface area contributed by atoms with E-state index in [1.807, 2.05) is 12.1 Å². The van der Waals surface area contributed by atoms with Crippen molar-refractivity contribution >= 4 is 6.08 Å². The van der Waals surface area contributed by atoms with Crippen molar-refractivity contribution in [3.05, 3.63) is 41.2 Å². The summed E-state index contributed by atoms with van der Waals surface area (Å²) < 4.78 is 12.9. The van der Waals surface area contributed by atoms with Crippen molar-refractivity contribution in [3.8, 4) is 0 Å². The lowest BCUT2D eigenvalue weighted by Crippen LogP contribution is -2.18. The van der Waals surface area contributed by atoms with Gasteiger partial charge in [-0.3, -0.25) is 0 Å². The largest absolute Gasteiger partial charge is 0.310 e. The lowest BCUT2D eigenvalue weighted by atomic mass is 10.1. The van der Waals surface area contributed by atoms with Gasteiger partial charge in [0.05, 0.1) is 0 Å². The molecule has 0 aromatic heterocycles. The number of benzene rings is 1. The smallest absolute Gasteiger partial charge is 0.123 e. The highest BCUT2D eigenvalue weighted by Gasteiger charge is 2.19. The molecule has 1 aromatic carbocycles. The Hall–Kier alpha value is -1.15. The Morgan fingerprint density at radius 3 is 3.00 bits per heavy atom. The van der Waals surface area contributed by atoms with Gasteiger partial charge in [-0.2, -0.15) is 0 Å². The molecule has 0 bridgehead atoms. The second kappa shape index (κ2) is 4.58. The highest BCUT2D eigenvalue weighted by Crippen LogP contribution is 2.19. The second-order valence-electron chi connectivity index (χ2n) is 4.20. The lowest BCUT2D eigenvalue weighted by Gasteiger charge is -2.03. The standard InChI is InChI=1S/C13H16FN/c1-10(9-15-13-5-6-13)7-11-3-2-4-12(14)8-11/h2-4,7-8,13,15H,5-6,9H2,1H3. The molecule has 80 valence electrons. The maximum Gasteiger partial charge on any atom is 0.123 e. The van der Waals surface area contributed by atoms with Crippen molar-refractivity contribution in [1.82, 2.24) is 5.32 Å². The van der Waals surface area contributed by atoms with Gasteiger partial charge in [-0.25, -0.2) is 4.39 Å². The molecule has 0 amide bonds. The molecule has 15 heavy (non-hydrogen) atoms. The predicted molar refractivity (Wildman–Crippen MR) is 61.1 cm³/mol. The molecule has 0 heterocycles. The summed E-state index contributed by atoms with van der Waals surface area (Å²) in [6.07, 6.45) is 4.62. The number of nitrogens with one attached hydrogen (secondary N) is 1. The average Bonchev–Trinajstić information content (AvgIpc) is 2.98. The van der Waals surface area contributed by atoms with Gasteiger partial charge in [0.15, 0.2) is 0 Å². The first-order valence-corrected chi connectivity index (χ1v) is 5.40. The third-order valence-electron chi connectivity index (χ3n) is 2.51. The minimum Gasteiger partial charge on any atom is -0.310 e. The molecule has 1 nitrogen and oxygen atoms in total. The molecule has 0 radical (unpaired) electrons. The van der Waals surface area contributed by atoms with E-state index in [2.05, 4.69) is 12.2 Å².